The zero-order valence-corrected chi connectivity index (χ0v) is 18.9. The molecule has 3 atom stereocenters. The summed E-state index contributed by atoms with van der Waals surface area (Å²) in [6, 6.07) is -3.51. The Balaban J connectivity index is 2.05. The van der Waals surface area contributed by atoms with Crippen molar-refractivity contribution in [2.45, 2.75) is 56.7 Å². The van der Waals surface area contributed by atoms with E-state index in [-0.39, 0.29) is 49.9 Å². The van der Waals surface area contributed by atoms with Crippen LogP contribution in [0.5, 0.6) is 0 Å². The van der Waals surface area contributed by atoms with Crippen molar-refractivity contribution in [1.29, 1.82) is 0 Å². The molecule has 16 heteroatoms. The van der Waals surface area contributed by atoms with E-state index in [4.69, 9.17) is 26.8 Å². The number of carbonyl (C=O) groups is 3. The minimum Gasteiger partial charge on any atom is -0.481 e. The number of carboxylic acid groups (broad SMARTS) is 2. The fourth-order valence-corrected chi connectivity index (χ4v) is 3.05. The van der Waals surface area contributed by atoms with Gasteiger partial charge in [0.05, 0.1) is 12.4 Å². The number of aromatic nitrogens is 4. The number of urea groups is 1. The number of rotatable bonds is 15. The van der Waals surface area contributed by atoms with Gasteiger partial charge in [-0.25, -0.2) is 14.6 Å². The minimum atomic E-state index is -1.20. The van der Waals surface area contributed by atoms with Crippen molar-refractivity contribution >= 4 is 23.9 Å². The summed E-state index contributed by atoms with van der Waals surface area (Å²) in [5.41, 5.74) is 17.3. The van der Waals surface area contributed by atoms with E-state index < -0.39 is 36.1 Å². The van der Waals surface area contributed by atoms with Crippen LogP contribution in [0.3, 0.4) is 0 Å². The predicted octanol–water partition coefficient (Wildman–Crippen LogP) is -0.863. The van der Waals surface area contributed by atoms with Gasteiger partial charge in [-0.2, -0.15) is 4.98 Å². The molecule has 192 valence electrons. The first-order valence-electron chi connectivity index (χ1n) is 10.8. The van der Waals surface area contributed by atoms with Gasteiger partial charge in [0.15, 0.2) is 11.8 Å². The first-order chi connectivity index (χ1) is 16.7. The molecular formula is C19H30N10O6. The molecule has 0 saturated heterocycles. The number of aliphatic carboxylic acids is 2. The number of amides is 2. The number of carboxylic acids is 2. The third-order valence-electron chi connectivity index (χ3n) is 4.87. The molecule has 0 aromatic carbocycles. The third-order valence-corrected chi connectivity index (χ3v) is 4.87. The molecule has 0 aliphatic heterocycles. The summed E-state index contributed by atoms with van der Waals surface area (Å²) in [6.45, 7) is 0.267. The van der Waals surface area contributed by atoms with Crippen LogP contribution in [-0.2, 0) is 16.0 Å². The largest absolute Gasteiger partial charge is 0.481 e. The second kappa shape index (κ2) is 13.5. The number of aromatic amines is 1. The fraction of sp³-hybridized carbons (Fsp3) is 0.526. The van der Waals surface area contributed by atoms with Crippen LogP contribution in [0, 0.1) is 0 Å². The van der Waals surface area contributed by atoms with Gasteiger partial charge in [0.1, 0.15) is 12.1 Å². The van der Waals surface area contributed by atoms with Gasteiger partial charge >= 0.3 is 18.0 Å². The fourth-order valence-electron chi connectivity index (χ4n) is 3.05. The number of H-pyrrole nitrogens is 1. The zero-order chi connectivity index (χ0) is 25.8. The van der Waals surface area contributed by atoms with Gasteiger partial charge in [-0.05, 0) is 32.1 Å². The molecule has 16 nitrogen and oxygen atoms in total. The Morgan fingerprint density at radius 3 is 2.57 bits per heavy atom. The Kier molecular flexibility index (Phi) is 10.4. The highest BCUT2D eigenvalue weighted by Gasteiger charge is 2.26. The van der Waals surface area contributed by atoms with Gasteiger partial charge < -0.3 is 47.6 Å². The minimum absolute atomic E-state index is 0.0231. The average molecular weight is 495 g/mol. The molecular weight excluding hydrogens is 464 g/mol. The lowest BCUT2D eigenvalue weighted by atomic mass is 10.1. The second-order valence-corrected chi connectivity index (χ2v) is 7.66. The molecule has 2 aromatic rings. The van der Waals surface area contributed by atoms with E-state index >= 15 is 0 Å². The van der Waals surface area contributed by atoms with Crippen LogP contribution in [0.4, 0.5) is 4.79 Å². The van der Waals surface area contributed by atoms with Crippen molar-refractivity contribution in [1.82, 2.24) is 30.7 Å². The Morgan fingerprint density at radius 2 is 1.94 bits per heavy atom. The van der Waals surface area contributed by atoms with Crippen LogP contribution >= 0.6 is 0 Å². The summed E-state index contributed by atoms with van der Waals surface area (Å²) >= 11 is 0. The van der Waals surface area contributed by atoms with Gasteiger partial charge in [-0.15, -0.1) is 0 Å². The first-order valence-corrected chi connectivity index (χ1v) is 10.8. The summed E-state index contributed by atoms with van der Waals surface area (Å²) < 4.78 is 5.24. The lowest BCUT2D eigenvalue weighted by Crippen LogP contribution is -2.47. The number of carbonyl (C=O) groups excluding carboxylic acids is 1. The Bertz CT molecular complexity index is 988. The molecule has 0 spiro atoms. The molecule has 0 aliphatic carbocycles. The van der Waals surface area contributed by atoms with Crippen molar-refractivity contribution in [2.24, 2.45) is 22.2 Å². The highest BCUT2D eigenvalue weighted by molar-refractivity contribution is 5.82. The molecule has 2 amide bonds. The maximum Gasteiger partial charge on any atom is 0.326 e. The summed E-state index contributed by atoms with van der Waals surface area (Å²) in [5.74, 6) is -2.19. The van der Waals surface area contributed by atoms with Crippen molar-refractivity contribution in [3.8, 4) is 0 Å². The van der Waals surface area contributed by atoms with Crippen molar-refractivity contribution in [3.05, 3.63) is 29.9 Å². The van der Waals surface area contributed by atoms with Crippen molar-refractivity contribution in [2.75, 3.05) is 6.54 Å². The average Bonchev–Trinajstić information content (AvgIpc) is 3.49. The molecule has 0 saturated carbocycles. The van der Waals surface area contributed by atoms with E-state index in [0.29, 0.717) is 12.8 Å². The Labute approximate surface area is 199 Å². The van der Waals surface area contributed by atoms with Crippen LogP contribution in [0.1, 0.15) is 61.6 Å². The lowest BCUT2D eigenvalue weighted by molar-refractivity contribution is -0.139. The van der Waals surface area contributed by atoms with Crippen LogP contribution in [0.25, 0.3) is 0 Å². The lowest BCUT2D eigenvalue weighted by Gasteiger charge is -2.18. The van der Waals surface area contributed by atoms with E-state index in [1.165, 1.54) is 6.33 Å². The molecule has 0 bridgehead atoms. The highest BCUT2D eigenvalue weighted by Crippen LogP contribution is 2.20. The van der Waals surface area contributed by atoms with Crippen molar-refractivity contribution < 1.29 is 29.1 Å². The summed E-state index contributed by atoms with van der Waals surface area (Å²) in [4.78, 5) is 49.8. The van der Waals surface area contributed by atoms with Crippen LogP contribution in [-0.4, -0.2) is 66.8 Å². The summed E-state index contributed by atoms with van der Waals surface area (Å²) in [7, 11) is 0. The van der Waals surface area contributed by atoms with E-state index in [1.807, 2.05) is 0 Å². The van der Waals surface area contributed by atoms with Gasteiger partial charge in [-0.3, -0.25) is 9.79 Å². The molecule has 35 heavy (non-hydrogen) atoms. The Hall–Kier alpha value is -4.21. The van der Waals surface area contributed by atoms with Gasteiger partial charge in [0.25, 0.3) is 0 Å². The van der Waals surface area contributed by atoms with Crippen LogP contribution in [0.2, 0.25) is 0 Å². The second-order valence-electron chi connectivity index (χ2n) is 7.66. The Morgan fingerprint density at radius 1 is 1.17 bits per heavy atom. The number of imidazole rings is 1. The van der Waals surface area contributed by atoms with E-state index in [2.05, 4.69) is 35.7 Å². The quantitative estimate of drug-likeness (QED) is 0.0852. The zero-order valence-electron chi connectivity index (χ0n) is 18.9. The molecule has 2 aromatic heterocycles. The monoisotopic (exact) mass is 494 g/mol. The molecule has 2 rings (SSSR count). The molecule has 0 fully saturated rings. The van der Waals surface area contributed by atoms with E-state index in [1.54, 1.807) is 6.20 Å². The number of aryl methyl sites for hydroxylation is 1. The number of hydrogen-bond donors (Lipinski definition) is 8. The number of hydrogen-bond acceptors (Lipinski definition) is 9. The maximum atomic E-state index is 12.6. The molecule has 0 radical (unpaired) electrons. The van der Waals surface area contributed by atoms with Crippen LogP contribution in [0.15, 0.2) is 22.0 Å². The third kappa shape index (κ3) is 9.66. The van der Waals surface area contributed by atoms with E-state index in [0.717, 1.165) is 5.69 Å². The SMILES string of the molecule is NC(N)=NCCC[C@H](NC(=O)N[C@@H](CCc1cnc[nH]1)C(=O)O)c1nc([C@@H](N)CCC(=O)O)no1. The molecule has 11 N–H and O–H groups in total. The van der Waals surface area contributed by atoms with Gasteiger partial charge in [-0.1, -0.05) is 5.16 Å². The van der Waals surface area contributed by atoms with E-state index in [9.17, 15) is 19.5 Å². The first kappa shape index (κ1) is 27.0. The van der Waals surface area contributed by atoms with Crippen molar-refractivity contribution in [3.63, 3.8) is 0 Å². The van der Waals surface area contributed by atoms with Gasteiger partial charge in [0.2, 0.25) is 5.89 Å². The molecule has 0 aliphatic rings. The number of nitrogens with zero attached hydrogens (tertiary/aromatic N) is 4. The molecule has 0 unspecified atom stereocenters. The summed E-state index contributed by atoms with van der Waals surface area (Å²) in [5, 5.41) is 27.1. The standard InChI is InChI=1S/C19H30N10O6/c20-11(4-6-14(30)31)15-28-16(35-29-15)12(2-1-7-24-18(21)22)26-19(34)27-13(17(32)33)5-3-10-8-23-9-25-10/h8-9,11-13H,1-7,20H2,(H,23,25)(H,30,31)(H,32,33)(H4,21,22,24)(H2,26,27,34)/t11-,12-,13-/m0/s1. The number of aliphatic imine (C=N–C) groups is 1. The van der Waals surface area contributed by atoms with Gasteiger partial charge in [0, 0.05) is 24.9 Å². The normalized spacial score (nSPS) is 13.4. The van der Waals surface area contributed by atoms with Crippen LogP contribution < -0.4 is 27.8 Å². The number of nitrogens with one attached hydrogen (secondary N) is 3. The maximum absolute atomic E-state index is 12.6. The topological polar surface area (TPSA) is 274 Å². The smallest absolute Gasteiger partial charge is 0.326 e. The summed E-state index contributed by atoms with van der Waals surface area (Å²) in [6.07, 6.45) is 4.15. The molecule has 2 heterocycles. The number of guanidine groups is 1. The highest BCUT2D eigenvalue weighted by atomic mass is 16.5. The number of nitrogens with two attached hydrogens (primary N) is 3. The predicted molar refractivity (Wildman–Crippen MR) is 121 cm³/mol.